The van der Waals surface area contributed by atoms with Crippen LogP contribution in [-0.2, 0) is 9.59 Å². The lowest BCUT2D eigenvalue weighted by Crippen LogP contribution is -2.15. The molecule has 3 atom stereocenters. The zero-order chi connectivity index (χ0) is 23.3. The third kappa shape index (κ3) is 3.50. The Hall–Kier alpha value is -3.84. The summed E-state index contributed by atoms with van der Waals surface area (Å²) >= 11 is 6.42. The SMILES string of the molecule is N#CC(CC=O)c1c(F)c(Cl)c(-c2ccc3nc(NC(=O)[C@@H]4C[C@@H]4F)cn3c2)c2cn[nH]c12. The van der Waals surface area contributed by atoms with Gasteiger partial charge in [0.05, 0.1) is 40.8 Å². The molecule has 3 aromatic heterocycles. The molecule has 1 unspecified atom stereocenters. The van der Waals surface area contributed by atoms with Gasteiger partial charge in [0.25, 0.3) is 0 Å². The van der Waals surface area contributed by atoms with E-state index in [-0.39, 0.29) is 34.8 Å². The number of aromatic nitrogens is 4. The second kappa shape index (κ2) is 7.94. The average molecular weight is 469 g/mol. The Labute approximate surface area is 190 Å². The molecule has 5 rings (SSSR count). The van der Waals surface area contributed by atoms with E-state index in [1.807, 2.05) is 6.07 Å². The number of nitrogens with one attached hydrogen (secondary N) is 2. The second-order valence-electron chi connectivity index (χ2n) is 7.82. The summed E-state index contributed by atoms with van der Waals surface area (Å²) < 4.78 is 30.1. The van der Waals surface area contributed by atoms with E-state index >= 15 is 4.39 Å². The maximum Gasteiger partial charge on any atom is 0.231 e. The lowest BCUT2D eigenvalue weighted by molar-refractivity contribution is -0.117. The molecular formula is C22H15ClF2N6O2. The first kappa shape index (κ1) is 21.0. The van der Waals surface area contributed by atoms with E-state index in [9.17, 15) is 19.2 Å². The number of imidazole rings is 1. The zero-order valence-electron chi connectivity index (χ0n) is 16.8. The number of rotatable bonds is 6. The lowest BCUT2D eigenvalue weighted by Gasteiger charge is -2.15. The van der Waals surface area contributed by atoms with Crippen LogP contribution in [0.3, 0.4) is 0 Å². The number of alkyl halides is 1. The normalized spacial score (nSPS) is 18.2. The number of hydrogen-bond acceptors (Lipinski definition) is 5. The summed E-state index contributed by atoms with van der Waals surface area (Å²) in [5.74, 6) is -2.62. The monoisotopic (exact) mass is 468 g/mol. The Balaban J connectivity index is 1.59. The van der Waals surface area contributed by atoms with Crippen molar-refractivity contribution in [2.45, 2.75) is 24.9 Å². The van der Waals surface area contributed by atoms with Crippen molar-refractivity contribution in [1.82, 2.24) is 19.6 Å². The van der Waals surface area contributed by atoms with Gasteiger partial charge in [-0.05, 0) is 18.6 Å². The van der Waals surface area contributed by atoms with Gasteiger partial charge in [-0.2, -0.15) is 10.4 Å². The van der Waals surface area contributed by atoms with Crippen LogP contribution < -0.4 is 5.32 Å². The quantitative estimate of drug-likeness (QED) is 0.412. The molecule has 166 valence electrons. The minimum Gasteiger partial charge on any atom is -0.309 e. The van der Waals surface area contributed by atoms with Crippen LogP contribution in [0.15, 0.2) is 30.7 Å². The van der Waals surface area contributed by atoms with Gasteiger partial charge in [-0.25, -0.2) is 13.8 Å². The first-order valence-corrected chi connectivity index (χ1v) is 10.4. The van der Waals surface area contributed by atoms with Crippen LogP contribution in [0, 0.1) is 23.1 Å². The smallest absolute Gasteiger partial charge is 0.231 e. The fourth-order valence-electron chi connectivity index (χ4n) is 3.93. The first-order chi connectivity index (χ1) is 15.9. The Bertz CT molecular complexity index is 1470. The Morgan fingerprint density at radius 2 is 2.24 bits per heavy atom. The number of halogens is 3. The Kier molecular flexibility index (Phi) is 5.06. The standard InChI is InChI=1S/C22H15ClF2N6O2/c23-19-17(13-7-27-30-21(13)18(20(19)25)10(6-26)3-4-32)11-1-2-16-28-15(9-31(16)8-11)29-22(33)12-5-14(12)24/h1-2,4,7-10,12,14H,3,5H2,(H,27,30)(H,29,33)/t10?,12-,14+/m1/s1. The minimum absolute atomic E-state index is 0.00852. The topological polar surface area (TPSA) is 116 Å². The fraction of sp³-hybridized carbons (Fsp3) is 0.227. The van der Waals surface area contributed by atoms with Crippen LogP contribution in [0.5, 0.6) is 0 Å². The van der Waals surface area contributed by atoms with E-state index in [0.29, 0.717) is 28.4 Å². The predicted molar refractivity (Wildman–Crippen MR) is 116 cm³/mol. The van der Waals surface area contributed by atoms with E-state index in [1.165, 1.54) is 6.20 Å². The van der Waals surface area contributed by atoms with Crippen molar-refractivity contribution in [1.29, 1.82) is 5.26 Å². The number of amides is 1. The van der Waals surface area contributed by atoms with Crippen molar-refractivity contribution >= 4 is 46.2 Å². The van der Waals surface area contributed by atoms with E-state index in [1.54, 1.807) is 28.9 Å². The van der Waals surface area contributed by atoms with Crippen LogP contribution in [0.1, 0.15) is 24.3 Å². The molecule has 0 aliphatic heterocycles. The molecule has 2 N–H and O–H groups in total. The Morgan fingerprint density at radius 3 is 2.94 bits per heavy atom. The van der Waals surface area contributed by atoms with Crippen molar-refractivity contribution in [2.24, 2.45) is 5.92 Å². The van der Waals surface area contributed by atoms with Crippen molar-refractivity contribution in [3.8, 4) is 17.2 Å². The summed E-state index contributed by atoms with van der Waals surface area (Å²) in [5.41, 5.74) is 1.67. The first-order valence-electron chi connectivity index (χ1n) is 10.0. The molecule has 1 fully saturated rings. The third-order valence-electron chi connectivity index (χ3n) is 5.70. The summed E-state index contributed by atoms with van der Waals surface area (Å²) in [6.07, 6.45) is 4.16. The van der Waals surface area contributed by atoms with Gasteiger partial charge >= 0.3 is 0 Å². The Morgan fingerprint density at radius 1 is 1.45 bits per heavy atom. The number of carbonyl (C=O) groups is 2. The number of H-pyrrole nitrogens is 1. The highest BCUT2D eigenvalue weighted by Crippen LogP contribution is 2.42. The molecule has 11 heteroatoms. The molecule has 0 spiro atoms. The van der Waals surface area contributed by atoms with E-state index < -0.39 is 29.7 Å². The molecule has 1 aromatic carbocycles. The average Bonchev–Trinajstić information content (AvgIpc) is 3.17. The van der Waals surface area contributed by atoms with Gasteiger partial charge in [0.1, 0.15) is 23.9 Å². The van der Waals surface area contributed by atoms with Gasteiger partial charge in [0.2, 0.25) is 5.91 Å². The number of nitriles is 1. The largest absolute Gasteiger partial charge is 0.309 e. The van der Waals surface area contributed by atoms with E-state index in [0.717, 1.165) is 0 Å². The number of aromatic amines is 1. The number of fused-ring (bicyclic) bond motifs is 2. The number of nitrogens with zero attached hydrogens (tertiary/aromatic N) is 4. The van der Waals surface area contributed by atoms with Crippen LogP contribution in [0.25, 0.3) is 27.7 Å². The molecule has 1 aliphatic rings. The van der Waals surface area contributed by atoms with Gasteiger partial charge in [0.15, 0.2) is 5.82 Å². The van der Waals surface area contributed by atoms with Crippen molar-refractivity contribution < 1.29 is 18.4 Å². The third-order valence-corrected chi connectivity index (χ3v) is 6.06. The number of aldehydes is 1. The van der Waals surface area contributed by atoms with Crippen molar-refractivity contribution in [2.75, 3.05) is 5.32 Å². The molecular weight excluding hydrogens is 454 g/mol. The molecule has 1 amide bonds. The zero-order valence-corrected chi connectivity index (χ0v) is 17.6. The summed E-state index contributed by atoms with van der Waals surface area (Å²) in [4.78, 5) is 27.3. The van der Waals surface area contributed by atoms with Gasteiger partial charge in [-0.1, -0.05) is 11.6 Å². The lowest BCUT2D eigenvalue weighted by atomic mass is 9.91. The summed E-state index contributed by atoms with van der Waals surface area (Å²) in [6.45, 7) is 0. The van der Waals surface area contributed by atoms with Crippen LogP contribution in [0.4, 0.5) is 14.6 Å². The summed E-state index contributed by atoms with van der Waals surface area (Å²) in [5, 5.41) is 19.0. The molecule has 1 aliphatic carbocycles. The molecule has 33 heavy (non-hydrogen) atoms. The highest BCUT2D eigenvalue weighted by Gasteiger charge is 2.43. The second-order valence-corrected chi connectivity index (χ2v) is 8.19. The number of benzene rings is 1. The maximum atomic E-state index is 15.3. The van der Waals surface area contributed by atoms with E-state index in [4.69, 9.17) is 11.6 Å². The van der Waals surface area contributed by atoms with Gasteiger partial charge in [-0.3, -0.25) is 9.89 Å². The minimum atomic E-state index is -1.11. The molecule has 8 nitrogen and oxygen atoms in total. The molecule has 0 radical (unpaired) electrons. The molecule has 3 heterocycles. The predicted octanol–water partition coefficient (Wildman–Crippen LogP) is 4.16. The number of pyridine rings is 1. The van der Waals surface area contributed by atoms with Gasteiger partial charge in [0, 0.05) is 34.7 Å². The maximum absolute atomic E-state index is 15.3. The van der Waals surface area contributed by atoms with E-state index in [2.05, 4.69) is 20.5 Å². The highest BCUT2D eigenvalue weighted by molar-refractivity contribution is 6.35. The molecule has 0 bridgehead atoms. The van der Waals surface area contributed by atoms with Gasteiger partial charge < -0.3 is 14.5 Å². The van der Waals surface area contributed by atoms with Crippen molar-refractivity contribution in [3.63, 3.8) is 0 Å². The number of hydrogen-bond donors (Lipinski definition) is 2. The molecule has 4 aromatic rings. The van der Waals surface area contributed by atoms with Crippen molar-refractivity contribution in [3.05, 3.63) is 47.1 Å². The summed E-state index contributed by atoms with van der Waals surface area (Å²) in [6, 6.07) is 5.29. The summed E-state index contributed by atoms with van der Waals surface area (Å²) in [7, 11) is 0. The molecule has 1 saturated carbocycles. The molecule has 0 saturated heterocycles. The number of anilines is 1. The fourth-order valence-corrected chi connectivity index (χ4v) is 4.24. The van der Waals surface area contributed by atoms with Crippen LogP contribution in [0.2, 0.25) is 5.02 Å². The van der Waals surface area contributed by atoms with Gasteiger partial charge in [-0.15, -0.1) is 0 Å². The van der Waals surface area contributed by atoms with Crippen LogP contribution >= 0.6 is 11.6 Å². The highest BCUT2D eigenvalue weighted by atomic mass is 35.5. The van der Waals surface area contributed by atoms with Crippen LogP contribution in [-0.4, -0.2) is 37.9 Å². The number of carbonyl (C=O) groups excluding carboxylic acids is 2.